The Hall–Kier alpha value is -1.32. The molecule has 1 rings (SSSR count). The lowest BCUT2D eigenvalue weighted by molar-refractivity contribution is 0.615. The van der Waals surface area contributed by atoms with Crippen LogP contribution < -0.4 is 10.6 Å². The first-order valence-electron chi connectivity index (χ1n) is 4.27. The van der Waals surface area contributed by atoms with E-state index in [1.165, 1.54) is 12.3 Å². The van der Waals surface area contributed by atoms with E-state index in [0.29, 0.717) is 11.5 Å². The van der Waals surface area contributed by atoms with Crippen LogP contribution in [-0.4, -0.2) is 18.6 Å². The molecule has 0 atom stereocenters. The summed E-state index contributed by atoms with van der Waals surface area (Å²) in [5.74, 6) is -0.00741. The zero-order valence-electron chi connectivity index (χ0n) is 7.92. The lowest BCUT2D eigenvalue weighted by atomic mass is 10.3. The number of nitrogens with zero attached hydrogens (tertiary/aromatic N) is 2. The quantitative estimate of drug-likeness (QED) is 0.774. The largest absolute Gasteiger partial charge is 0.397 e. The molecule has 0 aromatic carbocycles. The van der Waals surface area contributed by atoms with Crippen molar-refractivity contribution in [1.29, 1.82) is 0 Å². The van der Waals surface area contributed by atoms with E-state index in [9.17, 15) is 4.39 Å². The molecule has 2 N–H and O–H groups in total. The van der Waals surface area contributed by atoms with Gasteiger partial charge in [0.05, 0.1) is 11.9 Å². The minimum Gasteiger partial charge on any atom is -0.397 e. The highest BCUT2D eigenvalue weighted by atomic mass is 19.1. The number of rotatable bonds is 3. The highest BCUT2D eigenvalue weighted by Gasteiger charge is 2.07. The molecule has 0 unspecified atom stereocenters. The van der Waals surface area contributed by atoms with Gasteiger partial charge in [-0.3, -0.25) is 0 Å². The number of halogens is 1. The van der Waals surface area contributed by atoms with Gasteiger partial charge in [-0.25, -0.2) is 9.37 Å². The van der Waals surface area contributed by atoms with Crippen LogP contribution in [0, 0.1) is 5.82 Å². The van der Waals surface area contributed by atoms with Crippen molar-refractivity contribution in [3.05, 3.63) is 18.1 Å². The summed E-state index contributed by atoms with van der Waals surface area (Å²) >= 11 is 0. The Morgan fingerprint density at radius 1 is 1.62 bits per heavy atom. The Labute approximate surface area is 77.4 Å². The number of aromatic nitrogens is 1. The average molecular weight is 183 g/mol. The molecule has 4 heteroatoms. The molecule has 0 saturated heterocycles. The maximum absolute atomic E-state index is 13.2. The van der Waals surface area contributed by atoms with Crippen molar-refractivity contribution in [1.82, 2.24) is 4.98 Å². The Balaban J connectivity index is 2.88. The van der Waals surface area contributed by atoms with Crippen LogP contribution in [0.25, 0.3) is 0 Å². The number of hydrogen-bond acceptors (Lipinski definition) is 3. The summed E-state index contributed by atoms with van der Waals surface area (Å²) in [5.41, 5.74) is 5.73. The van der Waals surface area contributed by atoms with E-state index in [2.05, 4.69) is 4.98 Å². The minimum atomic E-state index is -0.365. The summed E-state index contributed by atoms with van der Waals surface area (Å²) in [5, 5.41) is 0. The fourth-order valence-electron chi connectivity index (χ4n) is 1.17. The molecular formula is C9H14FN3. The fraction of sp³-hybridized carbons (Fsp3) is 0.444. The summed E-state index contributed by atoms with van der Waals surface area (Å²) in [6.07, 6.45) is 2.42. The monoisotopic (exact) mass is 183 g/mol. The van der Waals surface area contributed by atoms with E-state index in [1.54, 1.807) is 4.90 Å². The van der Waals surface area contributed by atoms with Crippen molar-refractivity contribution in [3.8, 4) is 0 Å². The standard InChI is InChI=1S/C9H14FN3/c1-3-4-13(2)9-8(10)5-7(11)6-12-9/h5-6H,3-4,11H2,1-2H3. The number of nitrogen functional groups attached to an aromatic ring is 1. The van der Waals surface area contributed by atoms with Crippen LogP contribution in [0.1, 0.15) is 13.3 Å². The van der Waals surface area contributed by atoms with Crippen molar-refractivity contribution < 1.29 is 4.39 Å². The second kappa shape index (κ2) is 4.07. The molecule has 0 aliphatic heterocycles. The third-order valence-corrected chi connectivity index (χ3v) is 1.76. The first kappa shape index (κ1) is 9.77. The molecule has 13 heavy (non-hydrogen) atoms. The SMILES string of the molecule is CCCN(C)c1ncc(N)cc1F. The maximum atomic E-state index is 13.2. The molecule has 0 radical (unpaired) electrons. The van der Waals surface area contributed by atoms with Gasteiger partial charge in [-0.1, -0.05) is 6.92 Å². The van der Waals surface area contributed by atoms with Gasteiger partial charge in [0.15, 0.2) is 11.6 Å². The van der Waals surface area contributed by atoms with E-state index in [4.69, 9.17) is 5.73 Å². The van der Waals surface area contributed by atoms with Gasteiger partial charge in [-0.2, -0.15) is 0 Å². The zero-order chi connectivity index (χ0) is 9.84. The summed E-state index contributed by atoms with van der Waals surface area (Å²) in [6.45, 7) is 2.82. The van der Waals surface area contributed by atoms with Gasteiger partial charge in [0.1, 0.15) is 0 Å². The molecule has 0 spiro atoms. The van der Waals surface area contributed by atoms with E-state index < -0.39 is 0 Å². The van der Waals surface area contributed by atoms with Gasteiger partial charge in [0.25, 0.3) is 0 Å². The van der Waals surface area contributed by atoms with Gasteiger partial charge in [0, 0.05) is 19.7 Å². The molecule has 0 fully saturated rings. The summed E-state index contributed by atoms with van der Waals surface area (Å²) < 4.78 is 13.2. The number of anilines is 2. The van der Waals surface area contributed by atoms with Gasteiger partial charge in [-0.05, 0) is 6.42 Å². The summed E-state index contributed by atoms with van der Waals surface area (Å²) in [6, 6.07) is 1.29. The Morgan fingerprint density at radius 3 is 2.85 bits per heavy atom. The van der Waals surface area contributed by atoms with Crippen LogP contribution >= 0.6 is 0 Å². The van der Waals surface area contributed by atoms with Crippen LogP contribution in [-0.2, 0) is 0 Å². The first-order chi connectivity index (χ1) is 6.15. The van der Waals surface area contributed by atoms with Crippen molar-refractivity contribution in [2.45, 2.75) is 13.3 Å². The first-order valence-corrected chi connectivity index (χ1v) is 4.27. The van der Waals surface area contributed by atoms with Crippen molar-refractivity contribution in [3.63, 3.8) is 0 Å². The van der Waals surface area contributed by atoms with Crippen LogP contribution in [0.3, 0.4) is 0 Å². The van der Waals surface area contributed by atoms with Crippen LogP contribution in [0.5, 0.6) is 0 Å². The van der Waals surface area contributed by atoms with E-state index in [-0.39, 0.29) is 5.82 Å². The Kier molecular flexibility index (Phi) is 3.06. The fourth-order valence-corrected chi connectivity index (χ4v) is 1.17. The zero-order valence-corrected chi connectivity index (χ0v) is 7.92. The van der Waals surface area contributed by atoms with E-state index >= 15 is 0 Å². The second-order valence-corrected chi connectivity index (χ2v) is 3.00. The van der Waals surface area contributed by atoms with Gasteiger partial charge in [0.2, 0.25) is 0 Å². The maximum Gasteiger partial charge on any atom is 0.167 e. The molecule has 0 aliphatic rings. The molecular weight excluding hydrogens is 169 g/mol. The molecule has 1 heterocycles. The van der Waals surface area contributed by atoms with E-state index in [0.717, 1.165) is 13.0 Å². The molecule has 0 bridgehead atoms. The predicted molar refractivity (Wildman–Crippen MR) is 52.2 cm³/mol. The third kappa shape index (κ3) is 2.31. The average Bonchev–Trinajstić information content (AvgIpc) is 2.04. The molecule has 1 aromatic rings. The predicted octanol–water partition coefficient (Wildman–Crippen LogP) is 1.65. The molecule has 1 aromatic heterocycles. The lowest BCUT2D eigenvalue weighted by Crippen LogP contribution is -2.20. The third-order valence-electron chi connectivity index (χ3n) is 1.76. The summed E-state index contributed by atoms with van der Waals surface area (Å²) in [7, 11) is 1.81. The Morgan fingerprint density at radius 2 is 2.31 bits per heavy atom. The van der Waals surface area contributed by atoms with Gasteiger partial charge in [-0.15, -0.1) is 0 Å². The van der Waals surface area contributed by atoms with Crippen molar-refractivity contribution in [2.24, 2.45) is 0 Å². The van der Waals surface area contributed by atoms with Gasteiger partial charge < -0.3 is 10.6 Å². The van der Waals surface area contributed by atoms with Gasteiger partial charge >= 0.3 is 0 Å². The van der Waals surface area contributed by atoms with Crippen LogP contribution in [0.4, 0.5) is 15.9 Å². The second-order valence-electron chi connectivity index (χ2n) is 3.00. The topological polar surface area (TPSA) is 42.2 Å². The Bertz CT molecular complexity index is 288. The van der Waals surface area contributed by atoms with E-state index in [1.807, 2.05) is 14.0 Å². The molecule has 0 amide bonds. The smallest absolute Gasteiger partial charge is 0.167 e. The lowest BCUT2D eigenvalue weighted by Gasteiger charge is -2.17. The van der Waals surface area contributed by atoms with Crippen LogP contribution in [0.2, 0.25) is 0 Å². The number of pyridine rings is 1. The minimum absolute atomic E-state index is 0.353. The molecule has 72 valence electrons. The highest BCUT2D eigenvalue weighted by Crippen LogP contribution is 2.16. The molecule has 0 aliphatic carbocycles. The van der Waals surface area contributed by atoms with Crippen LogP contribution in [0.15, 0.2) is 12.3 Å². The number of hydrogen-bond donors (Lipinski definition) is 1. The normalized spacial score (nSPS) is 10.1. The highest BCUT2D eigenvalue weighted by molar-refractivity contribution is 5.46. The summed E-state index contributed by atoms with van der Waals surface area (Å²) in [4.78, 5) is 5.69. The number of nitrogens with two attached hydrogens (primary N) is 1. The molecule has 0 saturated carbocycles. The van der Waals surface area contributed by atoms with Crippen molar-refractivity contribution >= 4 is 11.5 Å². The molecule has 3 nitrogen and oxygen atoms in total. The van der Waals surface area contributed by atoms with Crippen molar-refractivity contribution in [2.75, 3.05) is 24.2 Å².